The first-order chi connectivity index (χ1) is 13.7. The van der Waals surface area contributed by atoms with Crippen LogP contribution in [-0.2, 0) is 0 Å². The van der Waals surface area contributed by atoms with Gasteiger partial charge in [-0.05, 0) is 48.0 Å². The lowest BCUT2D eigenvalue weighted by Gasteiger charge is -2.11. The molecule has 3 amide bonds. The Bertz CT molecular complexity index is 1010. The molecule has 0 saturated carbocycles. The number of aromatic nitrogens is 1. The van der Waals surface area contributed by atoms with E-state index in [0.717, 1.165) is 17.7 Å². The Morgan fingerprint density at radius 1 is 0.897 bits per heavy atom. The molecule has 29 heavy (non-hydrogen) atoms. The third kappa shape index (κ3) is 5.28. The van der Waals surface area contributed by atoms with Crippen molar-refractivity contribution in [3.63, 3.8) is 0 Å². The van der Waals surface area contributed by atoms with Gasteiger partial charge >= 0.3 is 12.4 Å². The Hall–Kier alpha value is -3.95. The number of amides is 3. The van der Waals surface area contributed by atoms with Crippen molar-refractivity contribution in [2.24, 2.45) is 5.73 Å². The number of anilines is 2. The second-order valence-corrected chi connectivity index (χ2v) is 5.86. The fourth-order valence-electron chi connectivity index (χ4n) is 2.58. The van der Waals surface area contributed by atoms with Crippen molar-refractivity contribution in [3.8, 4) is 16.9 Å². The number of ether oxygens (including phenoxy) is 1. The first-order valence-corrected chi connectivity index (χ1v) is 8.23. The van der Waals surface area contributed by atoms with Gasteiger partial charge in [0.05, 0.1) is 0 Å². The van der Waals surface area contributed by atoms with Crippen molar-refractivity contribution in [3.05, 3.63) is 66.5 Å². The number of hydrogen-bond acceptors (Lipinski definition) is 3. The van der Waals surface area contributed by atoms with Gasteiger partial charge in [-0.3, -0.25) is 4.79 Å². The number of benzene rings is 2. The normalized spacial score (nSPS) is 11.0. The number of aromatic amines is 1. The van der Waals surface area contributed by atoms with Crippen LogP contribution in [0.2, 0.25) is 0 Å². The molecule has 0 saturated heterocycles. The Kier molecular flexibility index (Phi) is 5.44. The molecule has 0 bridgehead atoms. The van der Waals surface area contributed by atoms with E-state index in [0.29, 0.717) is 11.3 Å². The minimum absolute atomic E-state index is 0.279. The van der Waals surface area contributed by atoms with E-state index in [2.05, 4.69) is 20.4 Å². The van der Waals surface area contributed by atoms with Gasteiger partial charge in [0.2, 0.25) is 0 Å². The lowest BCUT2D eigenvalue weighted by molar-refractivity contribution is -0.274. The van der Waals surface area contributed by atoms with Gasteiger partial charge in [0, 0.05) is 23.1 Å². The SMILES string of the molecule is NC(=O)c1[nH]ccc1-c1ccc(NC(=O)Nc2ccc(OC(F)(F)F)cc2)cc1. The highest BCUT2D eigenvalue weighted by atomic mass is 19.4. The second-order valence-electron chi connectivity index (χ2n) is 5.86. The van der Waals surface area contributed by atoms with Gasteiger partial charge in [-0.25, -0.2) is 4.79 Å². The fraction of sp³-hybridized carbons (Fsp3) is 0.0526. The minimum Gasteiger partial charge on any atom is -0.406 e. The van der Waals surface area contributed by atoms with Crippen LogP contribution in [0.5, 0.6) is 5.75 Å². The van der Waals surface area contributed by atoms with Crippen LogP contribution in [-0.4, -0.2) is 23.3 Å². The van der Waals surface area contributed by atoms with Gasteiger partial charge in [-0.15, -0.1) is 13.2 Å². The molecule has 0 radical (unpaired) electrons. The number of nitrogens with two attached hydrogens (primary N) is 1. The summed E-state index contributed by atoms with van der Waals surface area (Å²) < 4.78 is 40.2. The summed E-state index contributed by atoms with van der Waals surface area (Å²) in [7, 11) is 0. The maximum absolute atomic E-state index is 12.1. The van der Waals surface area contributed by atoms with Gasteiger partial charge in [0.25, 0.3) is 5.91 Å². The molecule has 0 fully saturated rings. The van der Waals surface area contributed by atoms with Gasteiger partial charge in [-0.2, -0.15) is 0 Å². The number of halogens is 3. The summed E-state index contributed by atoms with van der Waals surface area (Å²) in [6, 6.07) is 12.5. The lowest BCUT2D eigenvalue weighted by Crippen LogP contribution is -2.19. The Morgan fingerprint density at radius 2 is 1.45 bits per heavy atom. The molecule has 0 atom stereocenters. The summed E-state index contributed by atoms with van der Waals surface area (Å²) in [5.74, 6) is -0.975. The van der Waals surface area contributed by atoms with Gasteiger partial charge < -0.3 is 26.1 Å². The van der Waals surface area contributed by atoms with E-state index in [-0.39, 0.29) is 17.1 Å². The Morgan fingerprint density at radius 3 is 1.97 bits per heavy atom. The summed E-state index contributed by atoms with van der Waals surface area (Å²) in [6.45, 7) is 0. The van der Waals surface area contributed by atoms with Crippen molar-refractivity contribution in [1.29, 1.82) is 0 Å². The van der Waals surface area contributed by atoms with Crippen LogP contribution in [0.1, 0.15) is 10.5 Å². The summed E-state index contributed by atoms with van der Waals surface area (Å²) in [5, 5.41) is 5.09. The number of hydrogen-bond donors (Lipinski definition) is 4. The van der Waals surface area contributed by atoms with Crippen molar-refractivity contribution in [2.75, 3.05) is 10.6 Å². The largest absolute Gasteiger partial charge is 0.573 e. The molecule has 1 aromatic heterocycles. The van der Waals surface area contributed by atoms with E-state index in [4.69, 9.17) is 5.73 Å². The third-order valence-electron chi connectivity index (χ3n) is 3.79. The monoisotopic (exact) mass is 404 g/mol. The van der Waals surface area contributed by atoms with Crippen LogP contribution >= 0.6 is 0 Å². The fourth-order valence-corrected chi connectivity index (χ4v) is 2.58. The molecule has 0 unspecified atom stereocenters. The van der Waals surface area contributed by atoms with Crippen LogP contribution in [0.3, 0.4) is 0 Å². The predicted molar refractivity (Wildman–Crippen MR) is 101 cm³/mol. The number of urea groups is 1. The summed E-state index contributed by atoms with van der Waals surface area (Å²) in [4.78, 5) is 26.2. The summed E-state index contributed by atoms with van der Waals surface area (Å²) in [5.41, 5.74) is 7.70. The number of primary amides is 1. The molecule has 1 heterocycles. The van der Waals surface area contributed by atoms with Crippen LogP contribution in [0, 0.1) is 0 Å². The van der Waals surface area contributed by atoms with E-state index in [1.165, 1.54) is 12.1 Å². The standard InChI is InChI=1S/C19H15F3N4O3/c20-19(21,22)29-14-7-5-13(6-8-14)26-18(28)25-12-3-1-11(2-4-12)15-9-10-24-16(15)17(23)27/h1-10,24H,(H2,23,27)(H2,25,26,28). The molecule has 0 aliphatic carbocycles. The number of carbonyl (C=O) groups is 2. The molecule has 150 valence electrons. The number of H-pyrrole nitrogens is 1. The van der Waals surface area contributed by atoms with E-state index >= 15 is 0 Å². The molecule has 3 aromatic rings. The van der Waals surface area contributed by atoms with Crippen molar-refractivity contribution in [1.82, 2.24) is 4.98 Å². The summed E-state index contributed by atoms with van der Waals surface area (Å²) >= 11 is 0. The zero-order chi connectivity index (χ0) is 21.0. The maximum Gasteiger partial charge on any atom is 0.573 e. The van der Waals surface area contributed by atoms with E-state index < -0.39 is 18.3 Å². The highest BCUT2D eigenvalue weighted by Crippen LogP contribution is 2.25. The van der Waals surface area contributed by atoms with E-state index in [9.17, 15) is 22.8 Å². The van der Waals surface area contributed by atoms with E-state index in [1.807, 2.05) is 0 Å². The first kappa shape index (κ1) is 19.8. The zero-order valence-electron chi connectivity index (χ0n) is 14.7. The van der Waals surface area contributed by atoms with Crippen LogP contribution in [0.25, 0.3) is 11.1 Å². The van der Waals surface area contributed by atoms with Crippen LogP contribution in [0.15, 0.2) is 60.8 Å². The molecule has 0 aliphatic heterocycles. The molecular formula is C19H15F3N4O3. The molecule has 0 spiro atoms. The van der Waals surface area contributed by atoms with Crippen molar-refractivity contribution in [2.45, 2.75) is 6.36 Å². The van der Waals surface area contributed by atoms with Gasteiger partial charge in [0.1, 0.15) is 11.4 Å². The second kappa shape index (κ2) is 7.97. The molecule has 7 nitrogen and oxygen atoms in total. The molecule has 0 aliphatic rings. The molecule has 3 rings (SSSR count). The minimum atomic E-state index is -4.78. The average molecular weight is 404 g/mol. The summed E-state index contributed by atoms with van der Waals surface area (Å²) in [6.07, 6.45) is -3.18. The van der Waals surface area contributed by atoms with E-state index in [1.54, 1.807) is 36.5 Å². The maximum atomic E-state index is 12.1. The first-order valence-electron chi connectivity index (χ1n) is 8.23. The topological polar surface area (TPSA) is 109 Å². The number of rotatable bonds is 5. The predicted octanol–water partition coefficient (Wildman–Crippen LogP) is 4.32. The van der Waals surface area contributed by atoms with Crippen LogP contribution in [0.4, 0.5) is 29.3 Å². The van der Waals surface area contributed by atoms with Crippen molar-refractivity contribution >= 4 is 23.3 Å². The molecule has 10 heteroatoms. The molecule has 5 N–H and O–H groups in total. The van der Waals surface area contributed by atoms with Gasteiger partial charge in [-0.1, -0.05) is 12.1 Å². The third-order valence-corrected chi connectivity index (χ3v) is 3.79. The quantitative estimate of drug-likeness (QED) is 0.508. The highest BCUT2D eigenvalue weighted by Gasteiger charge is 2.30. The molecular weight excluding hydrogens is 389 g/mol. The molecule has 2 aromatic carbocycles. The average Bonchev–Trinajstić information content (AvgIpc) is 3.13. The van der Waals surface area contributed by atoms with Gasteiger partial charge in [0.15, 0.2) is 0 Å². The lowest BCUT2D eigenvalue weighted by atomic mass is 10.1. The Labute approximate surface area is 162 Å². The number of nitrogens with one attached hydrogen (secondary N) is 3. The highest BCUT2D eigenvalue weighted by molar-refractivity contribution is 6.00. The Balaban J connectivity index is 1.61. The smallest absolute Gasteiger partial charge is 0.406 e. The number of carbonyl (C=O) groups excluding carboxylic acids is 2. The van der Waals surface area contributed by atoms with Crippen molar-refractivity contribution < 1.29 is 27.5 Å². The van der Waals surface area contributed by atoms with Crippen LogP contribution < -0.4 is 21.1 Å². The number of alkyl halides is 3. The zero-order valence-corrected chi connectivity index (χ0v) is 14.7.